The topological polar surface area (TPSA) is 80.3 Å². The zero-order valence-electron chi connectivity index (χ0n) is 14.1. The first-order valence-electron chi connectivity index (χ1n) is 8.40. The summed E-state index contributed by atoms with van der Waals surface area (Å²) in [6.07, 6.45) is 9.44. The fraction of sp³-hybridized carbons (Fsp3) is 0.500. The van der Waals surface area contributed by atoms with E-state index in [4.69, 9.17) is 4.74 Å². The van der Waals surface area contributed by atoms with Crippen LogP contribution in [0.1, 0.15) is 53.0 Å². The standard InChI is InChI=1S/C18H25N3O3/c1-24-12-11-21-18(23)16-13-15(8-10-19-16)17(22)20-9-7-14-5-3-2-4-6-14/h5,8,10,13H,2-4,6-7,9,11-12H2,1H3,(H,20,22)(H,21,23). The Morgan fingerprint density at radius 1 is 1.21 bits per heavy atom. The maximum atomic E-state index is 12.2. The largest absolute Gasteiger partial charge is 0.383 e. The molecular formula is C18H25N3O3. The maximum absolute atomic E-state index is 12.2. The molecule has 0 spiro atoms. The van der Waals surface area contributed by atoms with Crippen LogP contribution in [-0.4, -0.2) is 43.6 Å². The van der Waals surface area contributed by atoms with Gasteiger partial charge in [0.1, 0.15) is 5.69 Å². The highest BCUT2D eigenvalue weighted by atomic mass is 16.5. The highest BCUT2D eigenvalue weighted by Gasteiger charge is 2.12. The SMILES string of the molecule is COCCNC(=O)c1cc(C(=O)NCCC2=CCCCC2)ccn1. The Bertz CT molecular complexity index is 599. The van der Waals surface area contributed by atoms with Crippen molar-refractivity contribution < 1.29 is 14.3 Å². The van der Waals surface area contributed by atoms with Crippen molar-refractivity contribution in [1.29, 1.82) is 0 Å². The second-order valence-electron chi connectivity index (χ2n) is 5.79. The van der Waals surface area contributed by atoms with Gasteiger partial charge >= 0.3 is 0 Å². The second kappa shape index (κ2) is 9.82. The number of hydrogen-bond acceptors (Lipinski definition) is 4. The quantitative estimate of drug-likeness (QED) is 0.564. The Balaban J connectivity index is 1.84. The number of ether oxygens (including phenoxy) is 1. The molecule has 0 saturated carbocycles. The average molecular weight is 331 g/mol. The summed E-state index contributed by atoms with van der Waals surface area (Å²) in [5.74, 6) is -0.492. The summed E-state index contributed by atoms with van der Waals surface area (Å²) in [5, 5.41) is 5.59. The van der Waals surface area contributed by atoms with E-state index < -0.39 is 0 Å². The molecule has 6 heteroatoms. The van der Waals surface area contributed by atoms with E-state index in [9.17, 15) is 9.59 Å². The molecule has 0 atom stereocenters. The fourth-order valence-corrected chi connectivity index (χ4v) is 2.62. The molecule has 1 heterocycles. The minimum atomic E-state index is -0.311. The van der Waals surface area contributed by atoms with Gasteiger partial charge in [0.25, 0.3) is 11.8 Å². The van der Waals surface area contributed by atoms with E-state index in [0.717, 1.165) is 19.3 Å². The predicted molar refractivity (Wildman–Crippen MR) is 91.9 cm³/mol. The second-order valence-corrected chi connectivity index (χ2v) is 5.79. The first kappa shape index (κ1) is 18.1. The molecule has 0 fully saturated rings. The lowest BCUT2D eigenvalue weighted by molar-refractivity contribution is 0.0932. The Hall–Kier alpha value is -2.21. The number of nitrogens with one attached hydrogen (secondary N) is 2. The third kappa shape index (κ3) is 5.77. The molecule has 0 saturated heterocycles. The van der Waals surface area contributed by atoms with Crippen LogP contribution in [0.15, 0.2) is 30.0 Å². The minimum absolute atomic E-state index is 0.181. The molecule has 1 aromatic rings. The lowest BCUT2D eigenvalue weighted by atomic mass is 9.97. The van der Waals surface area contributed by atoms with Gasteiger partial charge in [0.2, 0.25) is 0 Å². The number of amides is 2. The summed E-state index contributed by atoms with van der Waals surface area (Å²) < 4.78 is 4.88. The number of methoxy groups -OCH3 is 1. The van der Waals surface area contributed by atoms with Crippen LogP contribution in [0.25, 0.3) is 0 Å². The smallest absolute Gasteiger partial charge is 0.269 e. The fourth-order valence-electron chi connectivity index (χ4n) is 2.62. The lowest BCUT2D eigenvalue weighted by Crippen LogP contribution is -2.29. The van der Waals surface area contributed by atoms with Crippen molar-refractivity contribution in [2.75, 3.05) is 26.8 Å². The molecule has 2 rings (SSSR count). The Morgan fingerprint density at radius 2 is 2.04 bits per heavy atom. The summed E-state index contributed by atoms with van der Waals surface area (Å²) in [6, 6.07) is 3.12. The number of allylic oxidation sites excluding steroid dienone is 1. The summed E-state index contributed by atoms with van der Waals surface area (Å²) in [5.41, 5.74) is 2.10. The number of rotatable bonds is 8. The molecule has 1 aliphatic rings. The van der Waals surface area contributed by atoms with E-state index in [0.29, 0.717) is 25.3 Å². The molecule has 0 aliphatic heterocycles. The van der Waals surface area contributed by atoms with Crippen molar-refractivity contribution in [3.05, 3.63) is 41.2 Å². The van der Waals surface area contributed by atoms with Gasteiger partial charge in [0, 0.05) is 32.0 Å². The average Bonchev–Trinajstić information content (AvgIpc) is 2.63. The summed E-state index contributed by atoms with van der Waals surface area (Å²) in [7, 11) is 1.57. The van der Waals surface area contributed by atoms with Gasteiger partial charge in [-0.3, -0.25) is 14.6 Å². The highest BCUT2D eigenvalue weighted by molar-refractivity contribution is 5.98. The van der Waals surface area contributed by atoms with Crippen molar-refractivity contribution in [1.82, 2.24) is 15.6 Å². The molecular weight excluding hydrogens is 306 g/mol. The van der Waals surface area contributed by atoms with Crippen LogP contribution >= 0.6 is 0 Å². The molecule has 0 aromatic carbocycles. The van der Waals surface area contributed by atoms with Gasteiger partial charge < -0.3 is 15.4 Å². The number of carbonyl (C=O) groups is 2. The number of hydrogen-bond donors (Lipinski definition) is 2. The van der Waals surface area contributed by atoms with Crippen molar-refractivity contribution in [2.24, 2.45) is 0 Å². The third-order valence-electron chi connectivity index (χ3n) is 3.96. The predicted octanol–water partition coefficient (Wildman–Crippen LogP) is 2.08. The molecule has 2 amide bonds. The molecule has 130 valence electrons. The van der Waals surface area contributed by atoms with Gasteiger partial charge in [0.05, 0.1) is 6.61 Å². The molecule has 0 radical (unpaired) electrons. The van der Waals surface area contributed by atoms with Gasteiger partial charge in [-0.2, -0.15) is 0 Å². The summed E-state index contributed by atoms with van der Waals surface area (Å²) in [6.45, 7) is 1.45. The van der Waals surface area contributed by atoms with Gasteiger partial charge in [-0.15, -0.1) is 0 Å². The molecule has 0 bridgehead atoms. The normalized spacial score (nSPS) is 14.0. The van der Waals surface area contributed by atoms with Crippen molar-refractivity contribution >= 4 is 11.8 Å². The summed E-state index contributed by atoms with van der Waals surface area (Å²) in [4.78, 5) is 28.2. The Morgan fingerprint density at radius 3 is 2.79 bits per heavy atom. The van der Waals surface area contributed by atoms with Gasteiger partial charge in [-0.25, -0.2) is 0 Å². The monoisotopic (exact) mass is 331 g/mol. The van der Waals surface area contributed by atoms with Crippen LogP contribution in [0.3, 0.4) is 0 Å². The van der Waals surface area contributed by atoms with E-state index in [2.05, 4.69) is 21.7 Å². The molecule has 2 N–H and O–H groups in total. The number of pyridine rings is 1. The van der Waals surface area contributed by atoms with Gasteiger partial charge in [0.15, 0.2) is 0 Å². The van der Waals surface area contributed by atoms with E-state index in [-0.39, 0.29) is 17.5 Å². The molecule has 0 unspecified atom stereocenters. The van der Waals surface area contributed by atoms with Gasteiger partial charge in [-0.1, -0.05) is 11.6 Å². The van der Waals surface area contributed by atoms with E-state index in [1.54, 1.807) is 13.2 Å². The highest BCUT2D eigenvalue weighted by Crippen LogP contribution is 2.19. The number of nitrogens with zero attached hydrogens (tertiary/aromatic N) is 1. The van der Waals surface area contributed by atoms with Crippen LogP contribution in [0, 0.1) is 0 Å². The molecule has 1 aromatic heterocycles. The zero-order valence-corrected chi connectivity index (χ0v) is 14.1. The summed E-state index contributed by atoms with van der Waals surface area (Å²) >= 11 is 0. The molecule has 24 heavy (non-hydrogen) atoms. The molecule has 6 nitrogen and oxygen atoms in total. The van der Waals surface area contributed by atoms with Gasteiger partial charge in [-0.05, 0) is 44.2 Å². The van der Waals surface area contributed by atoms with Crippen LogP contribution in [0.2, 0.25) is 0 Å². The van der Waals surface area contributed by atoms with E-state index >= 15 is 0 Å². The zero-order chi connectivity index (χ0) is 17.2. The minimum Gasteiger partial charge on any atom is -0.383 e. The number of aromatic nitrogens is 1. The van der Waals surface area contributed by atoms with Crippen molar-refractivity contribution in [3.8, 4) is 0 Å². The Labute approximate surface area is 142 Å². The number of carbonyl (C=O) groups excluding carboxylic acids is 2. The first-order chi connectivity index (χ1) is 11.7. The maximum Gasteiger partial charge on any atom is 0.269 e. The van der Waals surface area contributed by atoms with Crippen LogP contribution in [0.4, 0.5) is 0 Å². The third-order valence-corrected chi connectivity index (χ3v) is 3.96. The lowest BCUT2D eigenvalue weighted by Gasteiger charge is -2.13. The van der Waals surface area contributed by atoms with Crippen LogP contribution < -0.4 is 10.6 Å². The van der Waals surface area contributed by atoms with Crippen LogP contribution in [-0.2, 0) is 4.74 Å². The van der Waals surface area contributed by atoms with Crippen LogP contribution in [0.5, 0.6) is 0 Å². The Kier molecular flexibility index (Phi) is 7.42. The first-order valence-corrected chi connectivity index (χ1v) is 8.40. The molecule has 1 aliphatic carbocycles. The van der Waals surface area contributed by atoms with Crippen molar-refractivity contribution in [3.63, 3.8) is 0 Å². The van der Waals surface area contributed by atoms with E-state index in [1.807, 2.05) is 0 Å². The van der Waals surface area contributed by atoms with Crippen molar-refractivity contribution in [2.45, 2.75) is 32.1 Å². The van der Waals surface area contributed by atoms with E-state index in [1.165, 1.54) is 30.7 Å².